The van der Waals surface area contributed by atoms with Crippen molar-refractivity contribution in [2.24, 2.45) is 0 Å². The van der Waals surface area contributed by atoms with Gasteiger partial charge in [0.1, 0.15) is 13.2 Å². The van der Waals surface area contributed by atoms with Gasteiger partial charge in [-0.1, -0.05) is 23.4 Å². The Bertz CT molecular complexity index is 631. The molecule has 3 rings (SSSR count). The molecule has 0 aromatic heterocycles. The molecular weight excluding hydrogens is 296 g/mol. The molecular formula is C15H13ClO3S. The normalized spacial score (nSPS) is 13.3. The van der Waals surface area contributed by atoms with Crippen molar-refractivity contribution in [1.29, 1.82) is 0 Å². The number of benzene rings is 2. The van der Waals surface area contributed by atoms with Crippen LogP contribution in [0.3, 0.4) is 0 Å². The number of aliphatic hydroxyl groups excluding tert-OH is 1. The molecule has 5 heteroatoms. The number of fused-ring (bicyclic) bond motifs is 1. The standard InChI is InChI=1S/C15H13ClO3S/c16-11-1-4-15(10(7-11)9-17)20-12-2-3-13-14(8-12)19-6-5-18-13/h1-4,7-8,17H,5-6,9H2. The molecule has 0 radical (unpaired) electrons. The maximum absolute atomic E-state index is 9.40. The van der Waals surface area contributed by atoms with Gasteiger partial charge in [-0.2, -0.15) is 0 Å². The average Bonchev–Trinajstić information content (AvgIpc) is 2.49. The Kier molecular flexibility index (Phi) is 4.05. The predicted octanol–water partition coefficient (Wildman–Crippen LogP) is 3.75. The van der Waals surface area contributed by atoms with Crippen LogP contribution in [0.4, 0.5) is 0 Å². The van der Waals surface area contributed by atoms with Crippen molar-refractivity contribution in [2.45, 2.75) is 16.4 Å². The van der Waals surface area contributed by atoms with E-state index < -0.39 is 0 Å². The maximum Gasteiger partial charge on any atom is 0.162 e. The number of halogens is 1. The van der Waals surface area contributed by atoms with Gasteiger partial charge in [0.25, 0.3) is 0 Å². The third-order valence-corrected chi connectivity index (χ3v) is 4.28. The lowest BCUT2D eigenvalue weighted by Crippen LogP contribution is -2.15. The fraction of sp³-hybridized carbons (Fsp3) is 0.200. The van der Waals surface area contributed by atoms with Crippen molar-refractivity contribution in [3.05, 3.63) is 47.0 Å². The fourth-order valence-corrected chi connectivity index (χ4v) is 3.13. The lowest BCUT2D eigenvalue weighted by Gasteiger charge is -2.19. The van der Waals surface area contributed by atoms with Crippen molar-refractivity contribution >= 4 is 23.4 Å². The molecule has 3 nitrogen and oxygen atoms in total. The number of rotatable bonds is 3. The summed E-state index contributed by atoms with van der Waals surface area (Å²) in [6.07, 6.45) is 0. The van der Waals surface area contributed by atoms with Gasteiger partial charge in [0.2, 0.25) is 0 Å². The summed E-state index contributed by atoms with van der Waals surface area (Å²) in [7, 11) is 0. The van der Waals surface area contributed by atoms with Crippen molar-refractivity contribution < 1.29 is 14.6 Å². The topological polar surface area (TPSA) is 38.7 Å². The van der Waals surface area contributed by atoms with Crippen LogP contribution >= 0.6 is 23.4 Å². The molecule has 20 heavy (non-hydrogen) atoms. The van der Waals surface area contributed by atoms with Crippen LogP contribution in [0.15, 0.2) is 46.2 Å². The molecule has 0 aliphatic carbocycles. The highest BCUT2D eigenvalue weighted by Crippen LogP contribution is 2.38. The minimum absolute atomic E-state index is 0.0343. The van der Waals surface area contributed by atoms with Gasteiger partial charge in [-0.25, -0.2) is 0 Å². The molecule has 2 aromatic carbocycles. The SMILES string of the molecule is OCc1cc(Cl)ccc1Sc1ccc2c(c1)OCCO2. The molecule has 0 amide bonds. The Hall–Kier alpha value is -1.36. The number of aliphatic hydroxyl groups is 1. The first-order valence-electron chi connectivity index (χ1n) is 6.23. The molecule has 0 saturated carbocycles. The lowest BCUT2D eigenvalue weighted by molar-refractivity contribution is 0.171. The number of ether oxygens (including phenoxy) is 2. The molecule has 1 N–H and O–H groups in total. The van der Waals surface area contributed by atoms with Gasteiger partial charge in [0.05, 0.1) is 6.61 Å². The molecule has 2 aromatic rings. The van der Waals surface area contributed by atoms with Gasteiger partial charge in [-0.15, -0.1) is 0 Å². The Labute approximate surface area is 126 Å². The van der Waals surface area contributed by atoms with Gasteiger partial charge in [0, 0.05) is 14.8 Å². The summed E-state index contributed by atoms with van der Waals surface area (Å²) < 4.78 is 11.1. The summed E-state index contributed by atoms with van der Waals surface area (Å²) in [5.41, 5.74) is 0.817. The van der Waals surface area contributed by atoms with Gasteiger partial charge in [-0.3, -0.25) is 0 Å². The zero-order valence-corrected chi connectivity index (χ0v) is 12.2. The summed E-state index contributed by atoms with van der Waals surface area (Å²) in [5.74, 6) is 1.54. The highest BCUT2D eigenvalue weighted by molar-refractivity contribution is 7.99. The monoisotopic (exact) mass is 308 g/mol. The van der Waals surface area contributed by atoms with E-state index in [1.165, 1.54) is 0 Å². The zero-order chi connectivity index (χ0) is 13.9. The van der Waals surface area contributed by atoms with Crippen LogP contribution < -0.4 is 9.47 Å². The molecule has 0 spiro atoms. The predicted molar refractivity (Wildman–Crippen MR) is 78.9 cm³/mol. The second-order valence-corrected chi connectivity index (χ2v) is 5.87. The van der Waals surface area contributed by atoms with E-state index >= 15 is 0 Å². The quantitative estimate of drug-likeness (QED) is 0.937. The second kappa shape index (κ2) is 5.95. The van der Waals surface area contributed by atoms with E-state index in [-0.39, 0.29) is 6.61 Å². The second-order valence-electron chi connectivity index (χ2n) is 4.32. The van der Waals surface area contributed by atoms with Crippen molar-refractivity contribution in [3.8, 4) is 11.5 Å². The van der Waals surface area contributed by atoms with E-state index in [4.69, 9.17) is 21.1 Å². The first kappa shape index (κ1) is 13.6. The minimum Gasteiger partial charge on any atom is -0.486 e. The van der Waals surface area contributed by atoms with E-state index in [1.807, 2.05) is 30.3 Å². The van der Waals surface area contributed by atoms with Crippen LogP contribution in [0.25, 0.3) is 0 Å². The molecule has 0 bridgehead atoms. The summed E-state index contributed by atoms with van der Waals surface area (Å²) >= 11 is 7.50. The van der Waals surface area contributed by atoms with Crippen LogP contribution in [0.2, 0.25) is 5.02 Å². The van der Waals surface area contributed by atoms with Gasteiger partial charge in [0.15, 0.2) is 11.5 Å². The lowest BCUT2D eigenvalue weighted by atomic mass is 10.2. The van der Waals surface area contributed by atoms with Crippen LogP contribution in [0.1, 0.15) is 5.56 Å². The zero-order valence-electron chi connectivity index (χ0n) is 10.6. The minimum atomic E-state index is -0.0343. The van der Waals surface area contributed by atoms with Gasteiger partial charge in [-0.05, 0) is 42.0 Å². The number of hydrogen-bond donors (Lipinski definition) is 1. The van der Waals surface area contributed by atoms with Crippen LogP contribution in [0, 0.1) is 0 Å². The van der Waals surface area contributed by atoms with Crippen LogP contribution in [0.5, 0.6) is 11.5 Å². The molecule has 1 aliphatic rings. The molecule has 0 unspecified atom stereocenters. The molecule has 0 atom stereocenters. The van der Waals surface area contributed by atoms with Crippen molar-refractivity contribution in [1.82, 2.24) is 0 Å². The number of hydrogen-bond acceptors (Lipinski definition) is 4. The Morgan fingerprint density at radius 2 is 1.85 bits per heavy atom. The molecule has 0 saturated heterocycles. The largest absolute Gasteiger partial charge is 0.486 e. The Balaban J connectivity index is 1.87. The van der Waals surface area contributed by atoms with Crippen molar-refractivity contribution in [3.63, 3.8) is 0 Å². The van der Waals surface area contributed by atoms with E-state index in [1.54, 1.807) is 17.8 Å². The van der Waals surface area contributed by atoms with E-state index in [9.17, 15) is 5.11 Å². The Morgan fingerprint density at radius 1 is 1.05 bits per heavy atom. The maximum atomic E-state index is 9.40. The van der Waals surface area contributed by atoms with Crippen LogP contribution in [-0.4, -0.2) is 18.3 Å². The smallest absolute Gasteiger partial charge is 0.162 e. The third kappa shape index (κ3) is 2.87. The summed E-state index contributed by atoms with van der Waals surface area (Å²) in [4.78, 5) is 2.01. The first-order valence-corrected chi connectivity index (χ1v) is 7.42. The van der Waals surface area contributed by atoms with Crippen LogP contribution in [-0.2, 0) is 6.61 Å². The van der Waals surface area contributed by atoms with E-state index in [0.29, 0.717) is 18.2 Å². The first-order chi connectivity index (χ1) is 9.76. The summed E-state index contributed by atoms with van der Waals surface area (Å²) in [5, 5.41) is 10.0. The van der Waals surface area contributed by atoms with Crippen molar-refractivity contribution in [2.75, 3.05) is 13.2 Å². The summed E-state index contributed by atoms with van der Waals surface area (Å²) in [6, 6.07) is 11.4. The molecule has 1 aliphatic heterocycles. The fourth-order valence-electron chi connectivity index (χ4n) is 1.99. The molecule has 104 valence electrons. The Morgan fingerprint density at radius 3 is 2.65 bits per heavy atom. The van der Waals surface area contributed by atoms with E-state index in [2.05, 4.69) is 0 Å². The molecule has 1 heterocycles. The van der Waals surface area contributed by atoms with Gasteiger partial charge < -0.3 is 14.6 Å². The third-order valence-electron chi connectivity index (χ3n) is 2.93. The highest BCUT2D eigenvalue weighted by atomic mass is 35.5. The average molecular weight is 309 g/mol. The summed E-state index contributed by atoms with van der Waals surface area (Å²) in [6.45, 7) is 1.13. The van der Waals surface area contributed by atoms with Gasteiger partial charge >= 0.3 is 0 Å². The molecule has 0 fully saturated rings. The highest BCUT2D eigenvalue weighted by Gasteiger charge is 2.13. The van der Waals surface area contributed by atoms with E-state index in [0.717, 1.165) is 26.9 Å².